The highest BCUT2D eigenvalue weighted by atomic mass is 19.4. The average molecular weight is 476 g/mol. The van der Waals surface area contributed by atoms with Crippen LogP contribution in [0.5, 0.6) is 0 Å². The van der Waals surface area contributed by atoms with E-state index >= 15 is 0 Å². The summed E-state index contributed by atoms with van der Waals surface area (Å²) in [5, 5.41) is 5.77. The molecule has 3 heterocycles. The Morgan fingerprint density at radius 2 is 1.97 bits per heavy atom. The summed E-state index contributed by atoms with van der Waals surface area (Å²) in [6, 6.07) is 3.75. The fraction of sp³-hybridized carbons (Fsp3) is 0.542. The molecule has 0 spiro atoms. The van der Waals surface area contributed by atoms with E-state index in [2.05, 4.69) is 10.1 Å². The molecule has 1 aliphatic carbocycles. The van der Waals surface area contributed by atoms with E-state index in [1.165, 1.54) is 0 Å². The summed E-state index contributed by atoms with van der Waals surface area (Å²) < 4.78 is 39.8. The van der Waals surface area contributed by atoms with Gasteiger partial charge in [0.1, 0.15) is 0 Å². The largest absolute Gasteiger partial charge is 0.390 e. The van der Waals surface area contributed by atoms with Gasteiger partial charge in [0.25, 0.3) is 11.5 Å². The van der Waals surface area contributed by atoms with Crippen molar-refractivity contribution >= 4 is 27.7 Å². The molecule has 0 radical (unpaired) electrons. The SMILES string of the molecule is Cc1cc2[nH]c(=O)c3cnn(C4CCC4)c3c2cc1C(=O)N1CCN(CCC(F)(F)F)[C@@H](C)C1. The molecule has 3 aromatic rings. The Labute approximate surface area is 194 Å². The minimum absolute atomic E-state index is 0.0573. The van der Waals surface area contributed by atoms with E-state index in [1.54, 1.807) is 16.0 Å². The summed E-state index contributed by atoms with van der Waals surface area (Å²) in [5.74, 6) is -0.143. The minimum Gasteiger partial charge on any atom is -0.336 e. The Balaban J connectivity index is 1.46. The fourth-order valence-electron chi connectivity index (χ4n) is 5.08. The van der Waals surface area contributed by atoms with Crippen LogP contribution >= 0.6 is 0 Å². The quantitative estimate of drug-likeness (QED) is 0.619. The number of halogens is 3. The first kappa shape index (κ1) is 22.9. The topological polar surface area (TPSA) is 74.2 Å². The molecular formula is C24H28F3N5O2. The molecule has 1 atom stereocenters. The first-order chi connectivity index (χ1) is 16.1. The highest BCUT2D eigenvalue weighted by molar-refractivity contribution is 6.07. The van der Waals surface area contributed by atoms with Crippen molar-refractivity contribution in [3.63, 3.8) is 0 Å². The van der Waals surface area contributed by atoms with Crippen LogP contribution in [0, 0.1) is 6.92 Å². The average Bonchev–Trinajstić information content (AvgIpc) is 3.15. The molecule has 5 rings (SSSR count). The van der Waals surface area contributed by atoms with E-state index in [4.69, 9.17) is 0 Å². The predicted octanol–water partition coefficient (Wildman–Crippen LogP) is 4.01. The monoisotopic (exact) mass is 475 g/mol. The molecule has 1 aliphatic heterocycles. The van der Waals surface area contributed by atoms with Crippen LogP contribution in [0.4, 0.5) is 13.2 Å². The zero-order chi connectivity index (χ0) is 24.2. The summed E-state index contributed by atoms with van der Waals surface area (Å²) in [4.78, 5) is 32.5. The lowest BCUT2D eigenvalue weighted by molar-refractivity contribution is -0.140. The number of aromatic nitrogens is 3. The van der Waals surface area contributed by atoms with Crippen molar-refractivity contribution in [1.82, 2.24) is 24.6 Å². The molecule has 2 aromatic heterocycles. The number of hydrogen-bond acceptors (Lipinski definition) is 4. The highest BCUT2D eigenvalue weighted by Gasteiger charge is 2.33. The van der Waals surface area contributed by atoms with Crippen molar-refractivity contribution in [3.05, 3.63) is 39.8 Å². The Morgan fingerprint density at radius 3 is 2.62 bits per heavy atom. The van der Waals surface area contributed by atoms with E-state index in [-0.39, 0.29) is 30.1 Å². The van der Waals surface area contributed by atoms with Gasteiger partial charge >= 0.3 is 6.18 Å². The molecule has 1 N–H and O–H groups in total. The third-order valence-electron chi connectivity index (χ3n) is 7.29. The van der Waals surface area contributed by atoms with E-state index < -0.39 is 12.6 Å². The molecule has 1 amide bonds. The van der Waals surface area contributed by atoms with Gasteiger partial charge in [-0.1, -0.05) is 0 Å². The van der Waals surface area contributed by atoms with Crippen LogP contribution in [0.1, 0.15) is 54.6 Å². The van der Waals surface area contributed by atoms with Gasteiger partial charge < -0.3 is 9.88 Å². The first-order valence-electron chi connectivity index (χ1n) is 11.8. The lowest BCUT2D eigenvalue weighted by atomic mass is 9.93. The summed E-state index contributed by atoms with van der Waals surface area (Å²) in [7, 11) is 0. The number of pyridine rings is 1. The molecule has 0 unspecified atom stereocenters. The molecule has 1 saturated carbocycles. The summed E-state index contributed by atoms with van der Waals surface area (Å²) in [6.45, 7) is 4.78. The molecule has 182 valence electrons. The van der Waals surface area contributed by atoms with E-state index in [9.17, 15) is 22.8 Å². The number of hydrogen-bond donors (Lipinski definition) is 1. The molecular weight excluding hydrogens is 447 g/mol. The molecule has 0 bridgehead atoms. The Morgan fingerprint density at radius 1 is 1.21 bits per heavy atom. The van der Waals surface area contributed by atoms with E-state index in [0.29, 0.717) is 36.1 Å². The lowest BCUT2D eigenvalue weighted by Crippen LogP contribution is -2.54. The summed E-state index contributed by atoms with van der Waals surface area (Å²) in [6.07, 6.45) is -0.290. The molecule has 1 aromatic carbocycles. The number of H-pyrrole nitrogens is 1. The Hall–Kier alpha value is -2.88. The second kappa shape index (κ2) is 8.41. The number of aryl methyl sites for hydroxylation is 1. The Kier molecular flexibility index (Phi) is 5.66. The number of nitrogens with zero attached hydrogens (tertiary/aromatic N) is 4. The van der Waals surface area contributed by atoms with Crippen molar-refractivity contribution in [2.24, 2.45) is 0 Å². The maximum Gasteiger partial charge on any atom is 0.390 e. The molecule has 7 nitrogen and oxygen atoms in total. The predicted molar refractivity (Wildman–Crippen MR) is 123 cm³/mol. The van der Waals surface area contributed by atoms with Crippen molar-refractivity contribution in [1.29, 1.82) is 0 Å². The number of rotatable bonds is 4. The number of benzene rings is 1. The number of alkyl halides is 3. The molecule has 34 heavy (non-hydrogen) atoms. The minimum atomic E-state index is -4.19. The van der Waals surface area contributed by atoms with Gasteiger partial charge in [-0.25, -0.2) is 0 Å². The number of carbonyl (C=O) groups is 1. The van der Waals surface area contributed by atoms with Crippen molar-refractivity contribution in [3.8, 4) is 0 Å². The van der Waals surface area contributed by atoms with Crippen LogP contribution in [0.25, 0.3) is 21.8 Å². The normalized spacial score (nSPS) is 20.3. The standard InChI is InChI=1S/C24H28F3N5O2/c1-14-10-20-18(21-19(22(33)29-20)12-28-32(21)16-4-3-5-16)11-17(14)23(34)31-9-8-30(15(2)13-31)7-6-24(25,26)27/h10-12,15-16H,3-9,13H2,1-2H3,(H,29,33)/t15-/m0/s1. The lowest BCUT2D eigenvalue weighted by Gasteiger charge is -2.40. The molecule has 2 fully saturated rings. The third kappa shape index (κ3) is 4.08. The Bertz CT molecular complexity index is 1310. The van der Waals surface area contributed by atoms with Gasteiger partial charge in [0.05, 0.1) is 35.1 Å². The highest BCUT2D eigenvalue weighted by Crippen LogP contribution is 2.35. The van der Waals surface area contributed by atoms with Crippen molar-refractivity contribution in [2.75, 3.05) is 26.2 Å². The smallest absolute Gasteiger partial charge is 0.336 e. The third-order valence-corrected chi connectivity index (χ3v) is 7.29. The number of aromatic amines is 1. The van der Waals surface area contributed by atoms with Gasteiger partial charge in [-0.05, 0) is 50.8 Å². The second-order valence-corrected chi connectivity index (χ2v) is 9.60. The summed E-state index contributed by atoms with van der Waals surface area (Å²) >= 11 is 0. The maximum atomic E-state index is 13.5. The van der Waals surface area contributed by atoms with E-state index in [0.717, 1.165) is 35.7 Å². The first-order valence-corrected chi connectivity index (χ1v) is 11.8. The van der Waals surface area contributed by atoms with Gasteiger partial charge in [-0.2, -0.15) is 18.3 Å². The molecule has 1 saturated heterocycles. The van der Waals surface area contributed by atoms with Crippen LogP contribution in [0.2, 0.25) is 0 Å². The van der Waals surface area contributed by atoms with Crippen LogP contribution < -0.4 is 5.56 Å². The van der Waals surface area contributed by atoms with Crippen LogP contribution in [-0.4, -0.2) is 68.9 Å². The number of nitrogens with one attached hydrogen (secondary N) is 1. The van der Waals surface area contributed by atoms with Crippen molar-refractivity contribution in [2.45, 2.75) is 57.8 Å². The summed E-state index contributed by atoms with van der Waals surface area (Å²) in [5.41, 5.74) is 2.50. The molecule has 2 aliphatic rings. The van der Waals surface area contributed by atoms with E-state index in [1.807, 2.05) is 30.7 Å². The zero-order valence-electron chi connectivity index (χ0n) is 19.3. The van der Waals surface area contributed by atoms with Gasteiger partial charge in [-0.3, -0.25) is 19.2 Å². The molecule has 10 heteroatoms. The fourth-order valence-corrected chi connectivity index (χ4v) is 5.08. The number of fused-ring (bicyclic) bond motifs is 3. The van der Waals surface area contributed by atoms with Gasteiger partial charge in [0.15, 0.2) is 0 Å². The number of amides is 1. The van der Waals surface area contributed by atoms with Gasteiger partial charge in [0.2, 0.25) is 0 Å². The second-order valence-electron chi connectivity index (χ2n) is 9.60. The van der Waals surface area contributed by atoms with Crippen molar-refractivity contribution < 1.29 is 18.0 Å². The number of piperazine rings is 1. The van der Waals surface area contributed by atoms with Crippen LogP contribution in [0.15, 0.2) is 23.1 Å². The zero-order valence-corrected chi connectivity index (χ0v) is 19.3. The maximum absolute atomic E-state index is 13.5. The van der Waals surface area contributed by atoms with Gasteiger partial charge in [-0.15, -0.1) is 0 Å². The van der Waals surface area contributed by atoms with Gasteiger partial charge in [0, 0.05) is 43.2 Å². The number of carbonyl (C=O) groups excluding carboxylic acids is 1. The van der Waals surface area contributed by atoms with Crippen LogP contribution in [0.3, 0.4) is 0 Å². The van der Waals surface area contributed by atoms with Crippen LogP contribution in [-0.2, 0) is 0 Å².